The minimum absolute atomic E-state index is 0.00225. The first-order valence-corrected chi connectivity index (χ1v) is 7.92. The summed E-state index contributed by atoms with van der Waals surface area (Å²) in [5, 5.41) is 2.98. The fourth-order valence-corrected chi connectivity index (χ4v) is 3.01. The molecule has 1 aromatic heterocycles. The number of benzene rings is 1. The molecule has 23 heavy (non-hydrogen) atoms. The monoisotopic (exact) mass is 314 g/mol. The first kappa shape index (κ1) is 15.5. The Hall–Kier alpha value is -2.43. The van der Waals surface area contributed by atoms with Gasteiger partial charge in [0.05, 0.1) is 26.0 Å². The predicted molar refractivity (Wildman–Crippen MR) is 88.8 cm³/mol. The van der Waals surface area contributed by atoms with E-state index in [-0.39, 0.29) is 11.9 Å². The molecule has 0 saturated carbocycles. The third kappa shape index (κ3) is 3.50. The number of carbonyl (C=O) groups is 1. The van der Waals surface area contributed by atoms with Crippen LogP contribution in [0.15, 0.2) is 41.0 Å². The van der Waals surface area contributed by atoms with Crippen LogP contribution >= 0.6 is 0 Å². The summed E-state index contributed by atoms with van der Waals surface area (Å²) in [4.78, 5) is 14.5. The van der Waals surface area contributed by atoms with Crippen LogP contribution in [0.25, 0.3) is 0 Å². The van der Waals surface area contributed by atoms with E-state index in [4.69, 9.17) is 9.15 Å². The maximum atomic E-state index is 12.3. The number of anilines is 1. The van der Waals surface area contributed by atoms with E-state index in [1.165, 1.54) is 5.56 Å². The van der Waals surface area contributed by atoms with Crippen molar-refractivity contribution in [1.29, 1.82) is 0 Å². The molecule has 1 N–H and O–H groups in total. The molecular formula is C18H22N2O3. The summed E-state index contributed by atoms with van der Waals surface area (Å²) in [5.74, 6) is 1.63. The van der Waals surface area contributed by atoms with E-state index in [9.17, 15) is 4.79 Å². The number of amides is 1. The van der Waals surface area contributed by atoms with E-state index in [0.717, 1.165) is 36.6 Å². The molecule has 1 atom stereocenters. The SMILES string of the molecule is COc1ccc2c(c1)CCCN2CC(=O)N[C@@H](C)c1ccco1. The molecule has 0 fully saturated rings. The molecule has 5 nitrogen and oxygen atoms in total. The molecule has 0 aliphatic carbocycles. The number of methoxy groups -OCH3 is 1. The van der Waals surface area contributed by atoms with Crippen molar-refractivity contribution in [1.82, 2.24) is 5.32 Å². The Balaban J connectivity index is 1.66. The molecule has 5 heteroatoms. The van der Waals surface area contributed by atoms with Gasteiger partial charge in [-0.15, -0.1) is 0 Å². The quantitative estimate of drug-likeness (QED) is 0.922. The van der Waals surface area contributed by atoms with Crippen LogP contribution < -0.4 is 15.0 Å². The van der Waals surface area contributed by atoms with Crippen molar-refractivity contribution in [3.63, 3.8) is 0 Å². The van der Waals surface area contributed by atoms with Gasteiger partial charge in [0, 0.05) is 12.2 Å². The van der Waals surface area contributed by atoms with Crippen molar-refractivity contribution >= 4 is 11.6 Å². The summed E-state index contributed by atoms with van der Waals surface area (Å²) >= 11 is 0. The van der Waals surface area contributed by atoms with Gasteiger partial charge in [0.2, 0.25) is 5.91 Å². The zero-order chi connectivity index (χ0) is 16.2. The summed E-state index contributed by atoms with van der Waals surface area (Å²) < 4.78 is 10.6. The Morgan fingerprint density at radius 1 is 1.43 bits per heavy atom. The van der Waals surface area contributed by atoms with Gasteiger partial charge >= 0.3 is 0 Å². The van der Waals surface area contributed by atoms with E-state index < -0.39 is 0 Å². The summed E-state index contributed by atoms with van der Waals surface area (Å²) in [6.45, 7) is 3.16. The van der Waals surface area contributed by atoms with Crippen molar-refractivity contribution < 1.29 is 13.9 Å². The number of ether oxygens (including phenoxy) is 1. The normalized spacial score (nSPS) is 15.0. The van der Waals surface area contributed by atoms with E-state index in [1.54, 1.807) is 13.4 Å². The van der Waals surface area contributed by atoms with Crippen molar-refractivity contribution in [2.45, 2.75) is 25.8 Å². The predicted octanol–water partition coefficient (Wildman–Crippen LogP) is 2.92. The van der Waals surface area contributed by atoms with Gasteiger partial charge in [-0.25, -0.2) is 0 Å². The van der Waals surface area contributed by atoms with Crippen LogP contribution in [-0.4, -0.2) is 26.1 Å². The molecule has 1 aromatic carbocycles. The average molecular weight is 314 g/mol. The summed E-state index contributed by atoms with van der Waals surface area (Å²) in [7, 11) is 1.67. The molecule has 2 aromatic rings. The van der Waals surface area contributed by atoms with Crippen LogP contribution in [0.2, 0.25) is 0 Å². The Bertz CT molecular complexity index is 667. The van der Waals surface area contributed by atoms with Crippen LogP contribution in [0.3, 0.4) is 0 Å². The molecule has 0 bridgehead atoms. The molecule has 122 valence electrons. The molecule has 3 rings (SSSR count). The fourth-order valence-electron chi connectivity index (χ4n) is 3.01. The molecular weight excluding hydrogens is 292 g/mol. The number of hydrogen-bond donors (Lipinski definition) is 1. The van der Waals surface area contributed by atoms with Crippen LogP contribution in [0.4, 0.5) is 5.69 Å². The topological polar surface area (TPSA) is 54.7 Å². The average Bonchev–Trinajstić information content (AvgIpc) is 3.09. The highest BCUT2D eigenvalue weighted by Gasteiger charge is 2.21. The van der Waals surface area contributed by atoms with Crippen LogP contribution in [0.5, 0.6) is 5.75 Å². The van der Waals surface area contributed by atoms with Crippen molar-refractivity contribution in [3.05, 3.63) is 47.9 Å². The molecule has 1 aliphatic rings. The van der Waals surface area contributed by atoms with E-state index in [1.807, 2.05) is 31.2 Å². The Labute approximate surface area is 136 Å². The highest BCUT2D eigenvalue weighted by atomic mass is 16.5. The van der Waals surface area contributed by atoms with Gasteiger partial charge in [-0.1, -0.05) is 0 Å². The highest BCUT2D eigenvalue weighted by molar-refractivity contribution is 5.82. The molecule has 1 amide bonds. The van der Waals surface area contributed by atoms with Crippen LogP contribution in [0.1, 0.15) is 30.7 Å². The van der Waals surface area contributed by atoms with Gasteiger partial charge < -0.3 is 19.4 Å². The number of nitrogens with one attached hydrogen (secondary N) is 1. The molecule has 0 saturated heterocycles. The van der Waals surface area contributed by atoms with Crippen molar-refractivity contribution in [3.8, 4) is 5.75 Å². The fraction of sp³-hybridized carbons (Fsp3) is 0.389. The lowest BCUT2D eigenvalue weighted by atomic mass is 10.0. The summed E-state index contributed by atoms with van der Waals surface area (Å²) in [6.07, 6.45) is 3.68. The highest BCUT2D eigenvalue weighted by Crippen LogP contribution is 2.30. The number of rotatable bonds is 5. The van der Waals surface area contributed by atoms with E-state index in [2.05, 4.69) is 16.3 Å². The van der Waals surface area contributed by atoms with Crippen molar-refractivity contribution in [2.75, 3.05) is 25.1 Å². The number of fused-ring (bicyclic) bond motifs is 1. The van der Waals surface area contributed by atoms with Gasteiger partial charge in [-0.05, 0) is 55.7 Å². The first-order valence-electron chi connectivity index (χ1n) is 7.92. The van der Waals surface area contributed by atoms with Gasteiger partial charge in [0.1, 0.15) is 11.5 Å². The van der Waals surface area contributed by atoms with Crippen LogP contribution in [-0.2, 0) is 11.2 Å². The zero-order valence-corrected chi connectivity index (χ0v) is 13.5. The van der Waals surface area contributed by atoms with Gasteiger partial charge in [0.15, 0.2) is 0 Å². The van der Waals surface area contributed by atoms with Crippen LogP contribution in [0, 0.1) is 0 Å². The molecule has 0 spiro atoms. The number of hydrogen-bond acceptors (Lipinski definition) is 4. The lowest BCUT2D eigenvalue weighted by molar-refractivity contribution is -0.120. The molecule has 0 unspecified atom stereocenters. The summed E-state index contributed by atoms with van der Waals surface area (Å²) in [6, 6.07) is 9.61. The Kier molecular flexibility index (Phi) is 4.55. The lowest BCUT2D eigenvalue weighted by Crippen LogP contribution is -2.40. The standard InChI is InChI=1S/C18H22N2O3/c1-13(17-6-4-10-23-17)19-18(21)12-20-9-3-5-14-11-15(22-2)7-8-16(14)20/h4,6-8,10-11,13H,3,5,9,12H2,1-2H3,(H,19,21)/t13-/m0/s1. The molecule has 1 aliphatic heterocycles. The first-order chi connectivity index (χ1) is 11.2. The minimum Gasteiger partial charge on any atom is -0.497 e. The molecule has 0 radical (unpaired) electrons. The number of furan rings is 1. The molecule has 2 heterocycles. The van der Waals surface area contributed by atoms with Gasteiger partial charge in [0.25, 0.3) is 0 Å². The maximum Gasteiger partial charge on any atom is 0.240 e. The third-order valence-electron chi connectivity index (χ3n) is 4.18. The second kappa shape index (κ2) is 6.77. The Morgan fingerprint density at radius 3 is 3.04 bits per heavy atom. The van der Waals surface area contributed by atoms with Crippen molar-refractivity contribution in [2.24, 2.45) is 0 Å². The number of nitrogens with zero attached hydrogens (tertiary/aromatic N) is 1. The largest absolute Gasteiger partial charge is 0.497 e. The third-order valence-corrected chi connectivity index (χ3v) is 4.18. The number of carbonyl (C=O) groups excluding carboxylic acids is 1. The number of aryl methyl sites for hydroxylation is 1. The second-order valence-electron chi connectivity index (χ2n) is 5.82. The van der Waals surface area contributed by atoms with Gasteiger partial charge in [-0.2, -0.15) is 0 Å². The van der Waals surface area contributed by atoms with E-state index >= 15 is 0 Å². The van der Waals surface area contributed by atoms with E-state index in [0.29, 0.717) is 6.54 Å². The minimum atomic E-state index is -0.127. The zero-order valence-electron chi connectivity index (χ0n) is 13.5. The van der Waals surface area contributed by atoms with Gasteiger partial charge in [-0.3, -0.25) is 4.79 Å². The lowest BCUT2D eigenvalue weighted by Gasteiger charge is -2.31. The summed E-state index contributed by atoms with van der Waals surface area (Å²) in [5.41, 5.74) is 2.36. The smallest absolute Gasteiger partial charge is 0.240 e. The maximum absolute atomic E-state index is 12.3. The Morgan fingerprint density at radius 2 is 2.30 bits per heavy atom. The second-order valence-corrected chi connectivity index (χ2v) is 5.82.